The van der Waals surface area contributed by atoms with Crippen LogP contribution < -0.4 is 14.9 Å². The lowest BCUT2D eigenvalue weighted by Gasteiger charge is -2.34. The largest absolute Gasteiger partial charge is 0.317 e. The Balaban J connectivity index is 2.27. The molecular formula is C10H17N3O3S2. The lowest BCUT2D eigenvalue weighted by atomic mass is 9.92. The third-order valence-corrected chi connectivity index (χ3v) is 6.36. The molecule has 0 bridgehead atoms. The third kappa shape index (κ3) is 2.82. The average Bonchev–Trinajstić information content (AvgIpc) is 2.58. The second kappa shape index (κ2) is 4.76. The molecule has 0 unspecified atom stereocenters. The first-order valence-electron chi connectivity index (χ1n) is 5.77. The van der Waals surface area contributed by atoms with Gasteiger partial charge in [-0.15, -0.1) is 0 Å². The molecule has 102 valence electrons. The van der Waals surface area contributed by atoms with Gasteiger partial charge in [-0.3, -0.25) is 4.79 Å². The Morgan fingerprint density at radius 1 is 1.33 bits per heavy atom. The van der Waals surface area contributed by atoms with Gasteiger partial charge in [0.1, 0.15) is 0 Å². The molecule has 0 atom stereocenters. The maximum Gasteiger partial charge on any atom is 0.305 e. The summed E-state index contributed by atoms with van der Waals surface area (Å²) < 4.78 is 27.3. The number of aromatic nitrogens is 1. The van der Waals surface area contributed by atoms with Gasteiger partial charge >= 0.3 is 4.87 Å². The fraction of sp³-hybridized carbons (Fsp3) is 0.700. The molecular weight excluding hydrogens is 274 g/mol. The predicted octanol–water partition coefficient (Wildman–Crippen LogP) is 0.165. The van der Waals surface area contributed by atoms with Crippen molar-refractivity contribution in [2.24, 2.45) is 0 Å². The first-order chi connectivity index (χ1) is 8.32. The Bertz CT molecular complexity index is 582. The van der Waals surface area contributed by atoms with E-state index in [9.17, 15) is 13.2 Å². The monoisotopic (exact) mass is 291 g/mol. The number of H-pyrrole nitrogens is 1. The van der Waals surface area contributed by atoms with E-state index < -0.39 is 15.6 Å². The summed E-state index contributed by atoms with van der Waals surface area (Å²) in [5.41, 5.74) is -0.0427. The molecule has 2 rings (SSSR count). The van der Waals surface area contributed by atoms with Gasteiger partial charge < -0.3 is 10.3 Å². The first-order valence-corrected chi connectivity index (χ1v) is 8.07. The minimum Gasteiger partial charge on any atom is -0.317 e. The third-order valence-electron chi connectivity index (χ3n) is 3.11. The summed E-state index contributed by atoms with van der Waals surface area (Å²) in [6.07, 6.45) is 1.48. The summed E-state index contributed by atoms with van der Waals surface area (Å²) in [5.74, 6) is 0. The molecule has 6 nitrogen and oxygen atoms in total. The van der Waals surface area contributed by atoms with Crippen molar-refractivity contribution in [3.8, 4) is 0 Å². The molecule has 0 spiro atoms. The van der Waals surface area contributed by atoms with Gasteiger partial charge in [0.25, 0.3) is 10.0 Å². The fourth-order valence-corrected chi connectivity index (χ4v) is 4.87. The molecule has 18 heavy (non-hydrogen) atoms. The van der Waals surface area contributed by atoms with E-state index in [-0.39, 0.29) is 9.08 Å². The molecule has 0 aliphatic carbocycles. The number of thiazole rings is 1. The van der Waals surface area contributed by atoms with Crippen molar-refractivity contribution >= 4 is 21.4 Å². The molecule has 1 aliphatic heterocycles. The first kappa shape index (κ1) is 13.7. The topological polar surface area (TPSA) is 91.1 Å². The van der Waals surface area contributed by atoms with Crippen LogP contribution in [0.5, 0.6) is 0 Å². The molecule has 1 aliphatic rings. The predicted molar refractivity (Wildman–Crippen MR) is 70.5 cm³/mol. The number of sulfonamides is 1. The Hall–Kier alpha value is -0.700. The fourth-order valence-electron chi connectivity index (χ4n) is 2.10. The molecule has 1 aromatic heterocycles. The zero-order chi connectivity index (χ0) is 13.4. The molecule has 1 fully saturated rings. The smallest absolute Gasteiger partial charge is 0.305 e. The number of nitrogens with one attached hydrogen (secondary N) is 3. The highest BCUT2D eigenvalue weighted by molar-refractivity contribution is 7.91. The Labute approximate surface area is 110 Å². The van der Waals surface area contributed by atoms with Crippen LogP contribution in [0, 0.1) is 6.92 Å². The van der Waals surface area contributed by atoms with E-state index >= 15 is 0 Å². The molecule has 1 aromatic rings. The molecule has 1 saturated heterocycles. The van der Waals surface area contributed by atoms with Crippen LogP contribution >= 0.6 is 11.3 Å². The zero-order valence-electron chi connectivity index (χ0n) is 10.4. The number of hydrogen-bond donors (Lipinski definition) is 3. The van der Waals surface area contributed by atoms with Crippen molar-refractivity contribution < 1.29 is 8.42 Å². The van der Waals surface area contributed by atoms with Crippen LogP contribution in [0.25, 0.3) is 0 Å². The maximum absolute atomic E-state index is 12.3. The van der Waals surface area contributed by atoms with Crippen molar-refractivity contribution in [3.05, 3.63) is 15.4 Å². The summed E-state index contributed by atoms with van der Waals surface area (Å²) in [7, 11) is -3.62. The summed E-state index contributed by atoms with van der Waals surface area (Å²) >= 11 is 0.731. The van der Waals surface area contributed by atoms with Gasteiger partial charge in [-0.05, 0) is 39.8 Å². The van der Waals surface area contributed by atoms with E-state index in [1.807, 2.05) is 6.92 Å². The van der Waals surface area contributed by atoms with Crippen LogP contribution in [0.15, 0.2) is 9.00 Å². The van der Waals surface area contributed by atoms with E-state index in [1.165, 1.54) is 0 Å². The van der Waals surface area contributed by atoms with Gasteiger partial charge in [0.15, 0.2) is 4.21 Å². The maximum atomic E-state index is 12.3. The van der Waals surface area contributed by atoms with Crippen LogP contribution in [-0.4, -0.2) is 32.0 Å². The van der Waals surface area contributed by atoms with Crippen LogP contribution in [0.1, 0.15) is 25.5 Å². The second-order valence-electron chi connectivity index (χ2n) is 4.84. The summed E-state index contributed by atoms with van der Waals surface area (Å²) in [5, 5.41) is 3.19. The molecule has 0 radical (unpaired) electrons. The van der Waals surface area contributed by atoms with Gasteiger partial charge in [-0.2, -0.15) is 0 Å². The summed E-state index contributed by atoms with van der Waals surface area (Å²) in [6, 6.07) is 0. The van der Waals surface area contributed by atoms with Gasteiger partial charge in [-0.1, -0.05) is 11.3 Å². The summed E-state index contributed by atoms with van der Waals surface area (Å²) in [6.45, 7) is 5.08. The Morgan fingerprint density at radius 3 is 2.44 bits per heavy atom. The van der Waals surface area contributed by atoms with E-state index in [1.54, 1.807) is 6.92 Å². The minimum atomic E-state index is -3.62. The number of aromatic amines is 1. The lowest BCUT2D eigenvalue weighted by Crippen LogP contribution is -2.52. The Kier molecular flexibility index (Phi) is 3.63. The van der Waals surface area contributed by atoms with Gasteiger partial charge in [0.05, 0.1) is 0 Å². The van der Waals surface area contributed by atoms with Crippen molar-refractivity contribution in [3.63, 3.8) is 0 Å². The van der Waals surface area contributed by atoms with Crippen LogP contribution in [0.3, 0.4) is 0 Å². The normalized spacial score (nSPS) is 19.9. The number of hydrogen-bond acceptors (Lipinski definition) is 5. The highest BCUT2D eigenvalue weighted by Crippen LogP contribution is 2.23. The van der Waals surface area contributed by atoms with Gasteiger partial charge in [0, 0.05) is 11.2 Å². The van der Waals surface area contributed by atoms with E-state index in [0.29, 0.717) is 5.69 Å². The van der Waals surface area contributed by atoms with Gasteiger partial charge in [0.2, 0.25) is 0 Å². The molecule has 0 amide bonds. The summed E-state index contributed by atoms with van der Waals surface area (Å²) in [4.78, 5) is 13.3. The van der Waals surface area contributed by atoms with Gasteiger partial charge in [-0.25, -0.2) is 13.1 Å². The quantitative estimate of drug-likeness (QED) is 0.740. The standard InChI is InChI=1S/C10H17N3O3S2/c1-7-8(17-9(14)12-7)18(15,16)13-10(2)3-5-11-6-4-10/h11,13H,3-6H2,1-2H3,(H,12,14). The van der Waals surface area contributed by atoms with E-state index in [4.69, 9.17) is 0 Å². The van der Waals surface area contributed by atoms with Crippen molar-refractivity contribution in [2.75, 3.05) is 13.1 Å². The van der Waals surface area contributed by atoms with Crippen LogP contribution in [0.4, 0.5) is 0 Å². The number of rotatable bonds is 3. The van der Waals surface area contributed by atoms with Crippen molar-refractivity contribution in [1.29, 1.82) is 0 Å². The molecule has 0 aromatic carbocycles. The highest BCUT2D eigenvalue weighted by Gasteiger charge is 2.33. The SMILES string of the molecule is Cc1[nH]c(=O)sc1S(=O)(=O)NC1(C)CCNCC1. The van der Waals surface area contributed by atoms with Crippen LogP contribution in [-0.2, 0) is 10.0 Å². The van der Waals surface area contributed by atoms with E-state index in [0.717, 1.165) is 37.3 Å². The molecule has 8 heteroatoms. The molecule has 3 N–H and O–H groups in total. The second-order valence-corrected chi connectivity index (χ2v) is 7.70. The minimum absolute atomic E-state index is 0.0901. The lowest BCUT2D eigenvalue weighted by molar-refractivity contribution is 0.308. The average molecular weight is 291 g/mol. The van der Waals surface area contributed by atoms with Crippen molar-refractivity contribution in [1.82, 2.24) is 15.0 Å². The molecule has 2 heterocycles. The number of aryl methyl sites for hydroxylation is 1. The highest BCUT2D eigenvalue weighted by atomic mass is 32.2. The number of piperidine rings is 1. The molecule has 0 saturated carbocycles. The van der Waals surface area contributed by atoms with E-state index in [2.05, 4.69) is 15.0 Å². The van der Waals surface area contributed by atoms with Crippen LogP contribution in [0.2, 0.25) is 0 Å². The Morgan fingerprint density at radius 2 is 1.94 bits per heavy atom. The van der Waals surface area contributed by atoms with Crippen molar-refractivity contribution in [2.45, 2.75) is 36.4 Å². The zero-order valence-corrected chi connectivity index (χ0v) is 12.0.